The molecule has 0 aromatic carbocycles. The Bertz CT molecular complexity index is 297. The average Bonchev–Trinajstić information content (AvgIpc) is 2.76. The van der Waals surface area contributed by atoms with Crippen molar-refractivity contribution in [3.8, 4) is 0 Å². The molecular formula is C10H17N3OS. The molecule has 0 amide bonds. The summed E-state index contributed by atoms with van der Waals surface area (Å²) in [6.07, 6.45) is 1.03. The van der Waals surface area contributed by atoms with Crippen molar-refractivity contribution in [1.82, 2.24) is 15.4 Å². The van der Waals surface area contributed by atoms with Gasteiger partial charge in [-0.3, -0.25) is 0 Å². The predicted molar refractivity (Wildman–Crippen MR) is 60.7 cm³/mol. The zero-order valence-corrected chi connectivity index (χ0v) is 9.85. The van der Waals surface area contributed by atoms with E-state index in [0.717, 1.165) is 45.0 Å². The van der Waals surface area contributed by atoms with Gasteiger partial charge in [0.05, 0.1) is 30.5 Å². The molecule has 2 heterocycles. The monoisotopic (exact) mass is 227 g/mol. The fourth-order valence-electron chi connectivity index (χ4n) is 1.51. The summed E-state index contributed by atoms with van der Waals surface area (Å²) >= 11 is 1.74. The number of thiazole rings is 1. The van der Waals surface area contributed by atoms with E-state index in [0.29, 0.717) is 0 Å². The summed E-state index contributed by atoms with van der Waals surface area (Å²) in [4.78, 5) is 4.51. The highest BCUT2D eigenvalue weighted by molar-refractivity contribution is 7.09. The summed E-state index contributed by atoms with van der Waals surface area (Å²) in [5.74, 6) is 0. The quantitative estimate of drug-likeness (QED) is 0.834. The standard InChI is InChI=1S/C10H17N3OS/c1-2-10-12-9(8-15-10)7-11-13-3-5-14-6-4-13/h8,11H,2-7H2,1H3. The number of aryl methyl sites for hydroxylation is 1. The molecule has 1 fully saturated rings. The maximum atomic E-state index is 5.28. The number of rotatable bonds is 4. The molecule has 0 aliphatic carbocycles. The van der Waals surface area contributed by atoms with E-state index < -0.39 is 0 Å². The van der Waals surface area contributed by atoms with E-state index in [-0.39, 0.29) is 0 Å². The molecule has 15 heavy (non-hydrogen) atoms. The van der Waals surface area contributed by atoms with E-state index in [4.69, 9.17) is 4.74 Å². The Kier molecular flexibility index (Phi) is 4.08. The lowest BCUT2D eigenvalue weighted by atomic mass is 10.4. The predicted octanol–water partition coefficient (Wildman–Crippen LogP) is 1.04. The summed E-state index contributed by atoms with van der Waals surface area (Å²) in [6.45, 7) is 6.54. The number of nitrogens with one attached hydrogen (secondary N) is 1. The van der Waals surface area contributed by atoms with Crippen LogP contribution in [0.2, 0.25) is 0 Å². The first-order chi connectivity index (χ1) is 7.38. The Morgan fingerprint density at radius 3 is 3.00 bits per heavy atom. The number of hydrogen-bond acceptors (Lipinski definition) is 5. The van der Waals surface area contributed by atoms with Crippen LogP contribution in [0.15, 0.2) is 5.38 Å². The van der Waals surface area contributed by atoms with E-state index in [9.17, 15) is 0 Å². The van der Waals surface area contributed by atoms with E-state index in [1.807, 2.05) is 0 Å². The van der Waals surface area contributed by atoms with Crippen LogP contribution in [0.5, 0.6) is 0 Å². The summed E-state index contributed by atoms with van der Waals surface area (Å²) in [5.41, 5.74) is 4.51. The highest BCUT2D eigenvalue weighted by Gasteiger charge is 2.09. The summed E-state index contributed by atoms with van der Waals surface area (Å²) in [6, 6.07) is 0. The van der Waals surface area contributed by atoms with Gasteiger partial charge in [-0.2, -0.15) is 0 Å². The fraction of sp³-hybridized carbons (Fsp3) is 0.700. The lowest BCUT2D eigenvalue weighted by Crippen LogP contribution is -2.45. The van der Waals surface area contributed by atoms with Gasteiger partial charge in [0, 0.05) is 18.5 Å². The lowest BCUT2D eigenvalue weighted by Gasteiger charge is -2.26. The van der Waals surface area contributed by atoms with Crippen LogP contribution in [0.3, 0.4) is 0 Å². The zero-order valence-electron chi connectivity index (χ0n) is 9.03. The van der Waals surface area contributed by atoms with Gasteiger partial charge in [0.2, 0.25) is 0 Å². The minimum atomic E-state index is 0.824. The van der Waals surface area contributed by atoms with E-state index >= 15 is 0 Å². The van der Waals surface area contributed by atoms with Crippen molar-refractivity contribution in [2.45, 2.75) is 19.9 Å². The van der Waals surface area contributed by atoms with Gasteiger partial charge in [-0.25, -0.2) is 15.4 Å². The van der Waals surface area contributed by atoms with E-state index in [2.05, 4.69) is 27.7 Å². The van der Waals surface area contributed by atoms with Crippen molar-refractivity contribution in [1.29, 1.82) is 0 Å². The smallest absolute Gasteiger partial charge is 0.0926 e. The fourth-order valence-corrected chi connectivity index (χ4v) is 2.25. The maximum absolute atomic E-state index is 5.28. The lowest BCUT2D eigenvalue weighted by molar-refractivity contribution is 0.0104. The number of morpholine rings is 1. The van der Waals surface area contributed by atoms with Crippen molar-refractivity contribution in [3.63, 3.8) is 0 Å². The maximum Gasteiger partial charge on any atom is 0.0926 e. The minimum Gasteiger partial charge on any atom is -0.379 e. The molecule has 1 aromatic rings. The van der Waals surface area contributed by atoms with Gasteiger partial charge in [-0.05, 0) is 6.42 Å². The molecule has 0 saturated carbocycles. The number of aromatic nitrogens is 1. The molecule has 0 atom stereocenters. The molecule has 0 unspecified atom stereocenters. The van der Waals surface area contributed by atoms with Crippen LogP contribution in [0.1, 0.15) is 17.6 Å². The van der Waals surface area contributed by atoms with Gasteiger partial charge >= 0.3 is 0 Å². The molecule has 0 spiro atoms. The molecule has 1 aromatic heterocycles. The van der Waals surface area contributed by atoms with Crippen LogP contribution in [-0.2, 0) is 17.7 Å². The third-order valence-corrected chi connectivity index (χ3v) is 3.44. The molecule has 2 rings (SSSR count). The number of nitrogens with zero attached hydrogens (tertiary/aromatic N) is 2. The molecule has 84 valence electrons. The summed E-state index contributed by atoms with van der Waals surface area (Å²) in [7, 11) is 0. The Morgan fingerprint density at radius 2 is 2.33 bits per heavy atom. The molecule has 4 nitrogen and oxygen atoms in total. The van der Waals surface area contributed by atoms with Gasteiger partial charge < -0.3 is 4.74 Å². The molecule has 5 heteroatoms. The van der Waals surface area contributed by atoms with Gasteiger partial charge in [-0.15, -0.1) is 11.3 Å². The molecule has 1 N–H and O–H groups in total. The molecule has 1 saturated heterocycles. The minimum absolute atomic E-state index is 0.824. The molecule has 0 bridgehead atoms. The highest BCUT2D eigenvalue weighted by atomic mass is 32.1. The highest BCUT2D eigenvalue weighted by Crippen LogP contribution is 2.09. The van der Waals surface area contributed by atoms with Crippen molar-refractivity contribution in [2.24, 2.45) is 0 Å². The van der Waals surface area contributed by atoms with Crippen LogP contribution >= 0.6 is 11.3 Å². The topological polar surface area (TPSA) is 37.4 Å². The third kappa shape index (κ3) is 3.24. The molecular weight excluding hydrogens is 210 g/mol. The first-order valence-corrected chi connectivity index (χ1v) is 6.26. The second kappa shape index (κ2) is 5.55. The van der Waals surface area contributed by atoms with Gasteiger partial charge in [0.25, 0.3) is 0 Å². The Balaban J connectivity index is 1.76. The van der Waals surface area contributed by atoms with Crippen LogP contribution in [0.25, 0.3) is 0 Å². The second-order valence-electron chi connectivity index (χ2n) is 3.52. The largest absolute Gasteiger partial charge is 0.379 e. The first kappa shape index (κ1) is 11.0. The third-order valence-electron chi connectivity index (χ3n) is 2.40. The van der Waals surface area contributed by atoms with E-state index in [1.54, 1.807) is 11.3 Å². The van der Waals surface area contributed by atoms with E-state index in [1.165, 1.54) is 5.01 Å². The average molecular weight is 227 g/mol. The Labute approximate surface area is 94.2 Å². The molecule has 0 radical (unpaired) electrons. The van der Waals surface area contributed by atoms with Crippen LogP contribution in [0, 0.1) is 0 Å². The van der Waals surface area contributed by atoms with Gasteiger partial charge in [0.1, 0.15) is 0 Å². The number of hydrogen-bond donors (Lipinski definition) is 1. The summed E-state index contributed by atoms with van der Waals surface area (Å²) in [5, 5.41) is 5.55. The number of hydrazine groups is 1. The van der Waals surface area contributed by atoms with Crippen LogP contribution < -0.4 is 5.43 Å². The SMILES string of the molecule is CCc1nc(CNN2CCOCC2)cs1. The summed E-state index contributed by atoms with van der Waals surface area (Å²) < 4.78 is 5.28. The first-order valence-electron chi connectivity index (χ1n) is 5.38. The van der Waals surface area contributed by atoms with Crippen LogP contribution in [-0.4, -0.2) is 36.3 Å². The van der Waals surface area contributed by atoms with Crippen molar-refractivity contribution in [2.75, 3.05) is 26.3 Å². The molecule has 1 aliphatic heterocycles. The zero-order chi connectivity index (χ0) is 10.5. The Morgan fingerprint density at radius 1 is 1.53 bits per heavy atom. The second-order valence-corrected chi connectivity index (χ2v) is 4.46. The Hall–Kier alpha value is -0.490. The van der Waals surface area contributed by atoms with Gasteiger partial charge in [-0.1, -0.05) is 6.92 Å². The van der Waals surface area contributed by atoms with Gasteiger partial charge in [0.15, 0.2) is 0 Å². The van der Waals surface area contributed by atoms with Crippen molar-refractivity contribution >= 4 is 11.3 Å². The van der Waals surface area contributed by atoms with Crippen LogP contribution in [0.4, 0.5) is 0 Å². The van der Waals surface area contributed by atoms with Crippen molar-refractivity contribution in [3.05, 3.63) is 16.1 Å². The van der Waals surface area contributed by atoms with Crippen molar-refractivity contribution < 1.29 is 4.74 Å². The normalized spacial score (nSPS) is 18.2. The molecule has 1 aliphatic rings. The number of ether oxygens (including phenoxy) is 1.